The molecule has 0 saturated carbocycles. The average Bonchev–Trinajstić information content (AvgIpc) is 2.87. The van der Waals surface area contributed by atoms with Gasteiger partial charge in [0, 0.05) is 36.3 Å². The van der Waals surface area contributed by atoms with Crippen LogP contribution in [0.2, 0.25) is 0 Å². The van der Waals surface area contributed by atoms with Gasteiger partial charge in [0.2, 0.25) is 5.91 Å². The average molecular weight is 305 g/mol. The van der Waals surface area contributed by atoms with Crippen molar-refractivity contribution >= 4 is 28.5 Å². The second-order valence-corrected chi connectivity index (χ2v) is 5.00. The maximum atomic E-state index is 12.1. The molecule has 0 aliphatic rings. The number of carboxylic acid groups (broad SMARTS) is 1. The van der Waals surface area contributed by atoms with E-state index in [2.05, 4.69) is 4.98 Å². The smallest absolute Gasteiger partial charge is 0.326 e. The number of nitro groups is 1. The number of benzene rings is 1. The van der Waals surface area contributed by atoms with Crippen molar-refractivity contribution < 1.29 is 19.6 Å². The van der Waals surface area contributed by atoms with Crippen LogP contribution in [0.15, 0.2) is 24.4 Å². The van der Waals surface area contributed by atoms with Crippen LogP contribution in [0.5, 0.6) is 0 Å². The number of H-pyrrole nitrogens is 1. The van der Waals surface area contributed by atoms with E-state index in [1.807, 2.05) is 0 Å². The molecule has 0 bridgehead atoms. The van der Waals surface area contributed by atoms with Crippen LogP contribution in [0.1, 0.15) is 12.5 Å². The Morgan fingerprint density at radius 1 is 1.45 bits per heavy atom. The molecule has 0 fully saturated rings. The van der Waals surface area contributed by atoms with Crippen molar-refractivity contribution in [3.05, 3.63) is 40.1 Å². The SMILES string of the molecule is CC(C(=O)O)N(C)C(=O)Cc1c[nH]c2ccc([N+](=O)[O-])cc12. The van der Waals surface area contributed by atoms with E-state index < -0.39 is 16.9 Å². The van der Waals surface area contributed by atoms with E-state index in [-0.39, 0.29) is 18.0 Å². The molecule has 8 nitrogen and oxygen atoms in total. The highest BCUT2D eigenvalue weighted by molar-refractivity contribution is 5.91. The van der Waals surface area contributed by atoms with Crippen molar-refractivity contribution in [2.24, 2.45) is 0 Å². The largest absolute Gasteiger partial charge is 0.480 e. The molecule has 22 heavy (non-hydrogen) atoms. The molecule has 1 aromatic heterocycles. The van der Waals surface area contributed by atoms with E-state index in [9.17, 15) is 19.7 Å². The molecule has 0 aliphatic carbocycles. The Morgan fingerprint density at radius 2 is 2.14 bits per heavy atom. The summed E-state index contributed by atoms with van der Waals surface area (Å²) in [6.45, 7) is 1.42. The third-order valence-electron chi connectivity index (χ3n) is 3.64. The first-order valence-corrected chi connectivity index (χ1v) is 6.54. The number of non-ortho nitro benzene ring substituents is 1. The first kappa shape index (κ1) is 15.5. The highest BCUT2D eigenvalue weighted by Gasteiger charge is 2.22. The van der Waals surface area contributed by atoms with E-state index >= 15 is 0 Å². The number of carbonyl (C=O) groups excluding carboxylic acids is 1. The summed E-state index contributed by atoms with van der Waals surface area (Å²) in [6.07, 6.45) is 1.57. The number of nitro benzene ring substituents is 1. The zero-order valence-electron chi connectivity index (χ0n) is 12.1. The first-order valence-electron chi connectivity index (χ1n) is 6.54. The van der Waals surface area contributed by atoms with Crippen molar-refractivity contribution in [1.29, 1.82) is 0 Å². The molecule has 0 saturated heterocycles. The Balaban J connectivity index is 2.28. The molecule has 1 unspecified atom stereocenters. The van der Waals surface area contributed by atoms with Crippen molar-refractivity contribution in [3.8, 4) is 0 Å². The van der Waals surface area contributed by atoms with Gasteiger partial charge in [-0.2, -0.15) is 0 Å². The second-order valence-electron chi connectivity index (χ2n) is 5.00. The number of nitrogens with one attached hydrogen (secondary N) is 1. The predicted octanol–water partition coefficient (Wildman–Crippen LogP) is 1.55. The highest BCUT2D eigenvalue weighted by atomic mass is 16.6. The third kappa shape index (κ3) is 2.90. The molecule has 2 aromatic rings. The number of amides is 1. The number of carbonyl (C=O) groups is 2. The summed E-state index contributed by atoms with van der Waals surface area (Å²) < 4.78 is 0. The van der Waals surface area contributed by atoms with Crippen molar-refractivity contribution in [3.63, 3.8) is 0 Å². The number of fused-ring (bicyclic) bond motifs is 1. The highest BCUT2D eigenvalue weighted by Crippen LogP contribution is 2.24. The van der Waals surface area contributed by atoms with Crippen LogP contribution in [-0.4, -0.2) is 44.9 Å². The van der Waals surface area contributed by atoms with Crippen LogP contribution < -0.4 is 0 Å². The normalized spacial score (nSPS) is 12.1. The van der Waals surface area contributed by atoms with Crippen LogP contribution in [0.4, 0.5) is 5.69 Å². The van der Waals surface area contributed by atoms with Crippen LogP contribution in [0.3, 0.4) is 0 Å². The number of rotatable bonds is 5. The van der Waals surface area contributed by atoms with E-state index in [4.69, 9.17) is 5.11 Å². The maximum Gasteiger partial charge on any atom is 0.326 e. The molecule has 0 radical (unpaired) electrons. The maximum absolute atomic E-state index is 12.1. The van der Waals surface area contributed by atoms with Gasteiger partial charge in [0.15, 0.2) is 0 Å². The lowest BCUT2D eigenvalue weighted by atomic mass is 10.1. The van der Waals surface area contributed by atoms with Gasteiger partial charge >= 0.3 is 5.97 Å². The van der Waals surface area contributed by atoms with E-state index in [1.54, 1.807) is 12.3 Å². The summed E-state index contributed by atoms with van der Waals surface area (Å²) in [5, 5.41) is 20.3. The van der Waals surface area contributed by atoms with Crippen LogP contribution in [0, 0.1) is 10.1 Å². The first-order chi connectivity index (χ1) is 10.3. The van der Waals surface area contributed by atoms with Crippen molar-refractivity contribution in [2.75, 3.05) is 7.05 Å². The molecule has 2 N–H and O–H groups in total. The summed E-state index contributed by atoms with van der Waals surface area (Å²) >= 11 is 0. The van der Waals surface area contributed by atoms with Gasteiger partial charge in [-0.25, -0.2) is 4.79 Å². The van der Waals surface area contributed by atoms with E-state index in [0.717, 1.165) is 4.90 Å². The van der Waals surface area contributed by atoms with E-state index in [0.29, 0.717) is 16.5 Å². The number of carboxylic acids is 1. The van der Waals surface area contributed by atoms with Crippen LogP contribution >= 0.6 is 0 Å². The minimum atomic E-state index is -1.09. The van der Waals surface area contributed by atoms with E-state index in [1.165, 1.54) is 26.1 Å². The number of aliphatic carboxylic acids is 1. The lowest BCUT2D eigenvalue weighted by molar-refractivity contribution is -0.384. The third-order valence-corrected chi connectivity index (χ3v) is 3.64. The fourth-order valence-electron chi connectivity index (χ4n) is 2.10. The number of hydrogen-bond donors (Lipinski definition) is 2. The molecule has 1 aromatic carbocycles. The summed E-state index contributed by atoms with van der Waals surface area (Å²) in [5.41, 5.74) is 1.21. The molecule has 0 spiro atoms. The van der Waals surface area contributed by atoms with Crippen molar-refractivity contribution in [1.82, 2.24) is 9.88 Å². The van der Waals surface area contributed by atoms with Gasteiger partial charge in [-0.1, -0.05) is 0 Å². The molecule has 1 atom stereocenters. The Kier molecular flexibility index (Phi) is 4.11. The van der Waals surface area contributed by atoms with Gasteiger partial charge in [0.1, 0.15) is 6.04 Å². The monoisotopic (exact) mass is 305 g/mol. The molecule has 116 valence electrons. The van der Waals surface area contributed by atoms with Gasteiger partial charge in [-0.3, -0.25) is 14.9 Å². The zero-order chi connectivity index (χ0) is 16.4. The molecule has 1 heterocycles. The standard InChI is InChI=1S/C14H15N3O5/c1-8(14(19)20)16(2)13(18)5-9-7-15-12-4-3-10(17(21)22)6-11(9)12/h3-4,6-8,15H,5H2,1-2H3,(H,19,20). The van der Waals surface area contributed by atoms with Gasteiger partial charge < -0.3 is 15.0 Å². The summed E-state index contributed by atoms with van der Waals surface area (Å²) in [4.78, 5) is 37.4. The predicted molar refractivity (Wildman–Crippen MR) is 78.5 cm³/mol. The molecule has 8 heteroatoms. The quantitative estimate of drug-likeness (QED) is 0.642. The Bertz CT molecular complexity index is 752. The Morgan fingerprint density at radius 3 is 2.73 bits per heavy atom. The molecule has 2 rings (SSSR count). The summed E-state index contributed by atoms with van der Waals surface area (Å²) in [6, 6.07) is 3.41. The lowest BCUT2D eigenvalue weighted by Crippen LogP contribution is -2.40. The van der Waals surface area contributed by atoms with Crippen molar-refractivity contribution in [2.45, 2.75) is 19.4 Å². The Hall–Kier alpha value is -2.90. The minimum absolute atomic E-state index is 0.0325. The topological polar surface area (TPSA) is 117 Å². The number of hydrogen-bond acceptors (Lipinski definition) is 4. The summed E-state index contributed by atoms with van der Waals surface area (Å²) in [7, 11) is 1.42. The molecular formula is C14H15N3O5. The summed E-state index contributed by atoms with van der Waals surface area (Å²) in [5.74, 6) is -1.47. The van der Waals surface area contributed by atoms with Gasteiger partial charge in [0.25, 0.3) is 5.69 Å². The van der Waals surface area contributed by atoms with Gasteiger partial charge in [0.05, 0.1) is 11.3 Å². The lowest BCUT2D eigenvalue weighted by Gasteiger charge is -2.21. The number of likely N-dealkylation sites (N-methyl/N-ethyl adjacent to an activating group) is 1. The zero-order valence-corrected chi connectivity index (χ0v) is 12.1. The number of nitrogens with zero attached hydrogens (tertiary/aromatic N) is 2. The number of aromatic amines is 1. The Labute approximate surface area is 125 Å². The molecule has 1 amide bonds. The molecular weight excluding hydrogens is 290 g/mol. The van der Waals surface area contributed by atoms with Crippen LogP contribution in [0.25, 0.3) is 10.9 Å². The minimum Gasteiger partial charge on any atom is -0.480 e. The number of aromatic nitrogens is 1. The van der Waals surface area contributed by atoms with Crippen LogP contribution in [-0.2, 0) is 16.0 Å². The van der Waals surface area contributed by atoms with Gasteiger partial charge in [-0.15, -0.1) is 0 Å². The molecule has 0 aliphatic heterocycles. The fourth-order valence-corrected chi connectivity index (χ4v) is 2.10. The second kappa shape index (κ2) is 5.84. The van der Waals surface area contributed by atoms with Gasteiger partial charge in [-0.05, 0) is 18.6 Å². The fraction of sp³-hybridized carbons (Fsp3) is 0.286.